The molecule has 0 saturated carbocycles. The molecule has 1 aromatic heterocycles. The van der Waals surface area contributed by atoms with Crippen molar-refractivity contribution in [2.75, 3.05) is 6.61 Å². The number of nitro groups is 1. The summed E-state index contributed by atoms with van der Waals surface area (Å²) < 4.78 is 21.0. The van der Waals surface area contributed by atoms with Gasteiger partial charge in [0.1, 0.15) is 6.61 Å². The van der Waals surface area contributed by atoms with E-state index in [1.54, 1.807) is 30.5 Å². The lowest BCUT2D eigenvalue weighted by molar-refractivity contribution is -0.384. The van der Waals surface area contributed by atoms with Gasteiger partial charge in [0.2, 0.25) is 0 Å². The molecule has 1 amide bonds. The van der Waals surface area contributed by atoms with Crippen molar-refractivity contribution in [3.05, 3.63) is 118 Å². The second-order valence-electron chi connectivity index (χ2n) is 7.10. The first-order valence-electron chi connectivity index (χ1n) is 10.0. The topological polar surface area (TPSA) is 99.3 Å². The first-order valence-corrected chi connectivity index (χ1v) is 10.0. The fourth-order valence-electron chi connectivity index (χ4n) is 3.21. The average molecular weight is 446 g/mol. The van der Waals surface area contributed by atoms with Gasteiger partial charge in [0.25, 0.3) is 11.6 Å². The maximum absolute atomic E-state index is 13.9. The van der Waals surface area contributed by atoms with Crippen LogP contribution in [0.3, 0.4) is 0 Å². The zero-order valence-corrected chi connectivity index (χ0v) is 17.3. The van der Waals surface area contributed by atoms with Crippen molar-refractivity contribution in [1.82, 2.24) is 15.1 Å². The van der Waals surface area contributed by atoms with Crippen LogP contribution in [0.25, 0.3) is 5.69 Å². The van der Waals surface area contributed by atoms with Crippen LogP contribution in [-0.2, 0) is 0 Å². The molecule has 33 heavy (non-hydrogen) atoms. The van der Waals surface area contributed by atoms with Crippen LogP contribution in [0.1, 0.15) is 22.1 Å². The molecule has 1 N–H and O–H groups in total. The number of benzene rings is 3. The van der Waals surface area contributed by atoms with E-state index in [9.17, 15) is 19.3 Å². The number of non-ortho nitro benzene ring substituents is 1. The molecule has 1 unspecified atom stereocenters. The summed E-state index contributed by atoms with van der Waals surface area (Å²) in [5.74, 6) is -0.876. The summed E-state index contributed by atoms with van der Waals surface area (Å²) in [6, 6.07) is 22.1. The molecule has 3 aromatic carbocycles. The molecular formula is C24H19FN4O4. The third-order valence-corrected chi connectivity index (χ3v) is 4.88. The number of nitrogens with one attached hydrogen (secondary N) is 1. The minimum Gasteiger partial charge on any atom is -0.488 e. The highest BCUT2D eigenvalue weighted by molar-refractivity contribution is 5.92. The van der Waals surface area contributed by atoms with Gasteiger partial charge < -0.3 is 10.1 Å². The predicted octanol–water partition coefficient (Wildman–Crippen LogP) is 4.47. The molecule has 0 aliphatic heterocycles. The van der Waals surface area contributed by atoms with Crippen LogP contribution < -0.4 is 10.1 Å². The van der Waals surface area contributed by atoms with Gasteiger partial charge in [-0.25, -0.2) is 9.07 Å². The number of halogens is 1. The molecule has 9 heteroatoms. The fourth-order valence-corrected chi connectivity index (χ4v) is 3.21. The van der Waals surface area contributed by atoms with E-state index in [4.69, 9.17) is 4.74 Å². The lowest BCUT2D eigenvalue weighted by Gasteiger charge is -2.19. The smallest absolute Gasteiger partial charge is 0.272 e. The average Bonchev–Trinajstić information content (AvgIpc) is 3.34. The summed E-state index contributed by atoms with van der Waals surface area (Å²) >= 11 is 0. The van der Waals surface area contributed by atoms with E-state index in [1.807, 2.05) is 30.3 Å². The van der Waals surface area contributed by atoms with Crippen LogP contribution in [0.15, 0.2) is 91.1 Å². The maximum atomic E-state index is 13.9. The summed E-state index contributed by atoms with van der Waals surface area (Å²) in [6.45, 7) is 0.00226. The Hall–Kier alpha value is -4.53. The van der Waals surface area contributed by atoms with Crippen molar-refractivity contribution in [3.8, 4) is 11.4 Å². The van der Waals surface area contributed by atoms with E-state index in [-0.39, 0.29) is 23.7 Å². The van der Waals surface area contributed by atoms with Crippen molar-refractivity contribution in [2.45, 2.75) is 6.04 Å². The number of rotatable bonds is 8. The Morgan fingerprint density at radius 3 is 2.58 bits per heavy atom. The molecule has 1 atom stereocenters. The SMILES string of the molecule is O=C(NC(COc1ccccc1F)c1ccccc1)c1ccn(-c2cccc([N+](=O)[O-])c2)n1. The Kier molecular flexibility index (Phi) is 6.40. The second kappa shape index (κ2) is 9.73. The summed E-state index contributed by atoms with van der Waals surface area (Å²) in [7, 11) is 0. The van der Waals surface area contributed by atoms with Gasteiger partial charge in [-0.05, 0) is 29.8 Å². The number of carbonyl (C=O) groups is 1. The second-order valence-corrected chi connectivity index (χ2v) is 7.10. The van der Waals surface area contributed by atoms with Crippen LogP contribution in [0.4, 0.5) is 10.1 Å². The normalized spacial score (nSPS) is 11.5. The first kappa shape index (κ1) is 21.7. The van der Waals surface area contributed by atoms with Gasteiger partial charge in [0, 0.05) is 18.3 Å². The van der Waals surface area contributed by atoms with Crippen molar-refractivity contribution < 1.29 is 18.8 Å². The van der Waals surface area contributed by atoms with E-state index >= 15 is 0 Å². The molecule has 0 bridgehead atoms. The Morgan fingerprint density at radius 1 is 1.06 bits per heavy atom. The Bertz CT molecular complexity index is 1280. The van der Waals surface area contributed by atoms with Gasteiger partial charge in [0.05, 0.1) is 16.7 Å². The molecule has 4 aromatic rings. The molecule has 8 nitrogen and oxygen atoms in total. The number of hydrogen-bond acceptors (Lipinski definition) is 5. The molecule has 166 valence electrons. The van der Waals surface area contributed by atoms with Crippen molar-refractivity contribution >= 4 is 11.6 Å². The van der Waals surface area contributed by atoms with E-state index in [0.29, 0.717) is 5.69 Å². The summed E-state index contributed by atoms with van der Waals surface area (Å²) in [4.78, 5) is 23.4. The highest BCUT2D eigenvalue weighted by Crippen LogP contribution is 2.20. The summed E-state index contributed by atoms with van der Waals surface area (Å²) in [5, 5.41) is 18.1. The molecule has 0 spiro atoms. The van der Waals surface area contributed by atoms with E-state index in [1.165, 1.54) is 35.0 Å². The number of ether oxygens (including phenoxy) is 1. The van der Waals surface area contributed by atoms with Crippen LogP contribution >= 0.6 is 0 Å². The highest BCUT2D eigenvalue weighted by Gasteiger charge is 2.19. The lowest BCUT2D eigenvalue weighted by Crippen LogP contribution is -2.32. The van der Waals surface area contributed by atoms with Gasteiger partial charge in [0.15, 0.2) is 17.3 Å². The zero-order chi connectivity index (χ0) is 23.2. The largest absolute Gasteiger partial charge is 0.488 e. The molecule has 0 aliphatic carbocycles. The Labute approximate surface area is 188 Å². The first-order chi connectivity index (χ1) is 16.0. The van der Waals surface area contributed by atoms with Gasteiger partial charge in [-0.3, -0.25) is 14.9 Å². The van der Waals surface area contributed by atoms with Crippen LogP contribution in [-0.4, -0.2) is 27.2 Å². The van der Waals surface area contributed by atoms with Crippen LogP contribution in [0.2, 0.25) is 0 Å². The number of aromatic nitrogens is 2. The van der Waals surface area contributed by atoms with Gasteiger partial charge >= 0.3 is 0 Å². The van der Waals surface area contributed by atoms with Crippen molar-refractivity contribution in [2.24, 2.45) is 0 Å². The predicted molar refractivity (Wildman–Crippen MR) is 119 cm³/mol. The van der Waals surface area contributed by atoms with Gasteiger partial charge in [-0.2, -0.15) is 5.10 Å². The molecule has 4 rings (SSSR count). The molecule has 0 radical (unpaired) electrons. The number of hydrogen-bond donors (Lipinski definition) is 1. The number of nitro benzene ring substituents is 1. The van der Waals surface area contributed by atoms with Crippen molar-refractivity contribution in [3.63, 3.8) is 0 Å². The number of para-hydroxylation sites is 1. The molecular weight excluding hydrogens is 427 g/mol. The third kappa shape index (κ3) is 5.21. The third-order valence-electron chi connectivity index (χ3n) is 4.88. The van der Waals surface area contributed by atoms with E-state index in [2.05, 4.69) is 10.4 Å². The lowest BCUT2D eigenvalue weighted by atomic mass is 10.1. The number of amides is 1. The van der Waals surface area contributed by atoms with E-state index < -0.39 is 22.7 Å². The Morgan fingerprint density at radius 2 is 1.82 bits per heavy atom. The number of nitrogens with zero attached hydrogens (tertiary/aromatic N) is 3. The monoisotopic (exact) mass is 446 g/mol. The minimum atomic E-state index is -0.568. The fraction of sp³-hybridized carbons (Fsp3) is 0.0833. The van der Waals surface area contributed by atoms with Crippen molar-refractivity contribution in [1.29, 1.82) is 0 Å². The molecule has 1 heterocycles. The summed E-state index contributed by atoms with van der Waals surface area (Å²) in [6.07, 6.45) is 1.54. The van der Waals surface area contributed by atoms with Crippen LogP contribution in [0.5, 0.6) is 5.75 Å². The quantitative estimate of drug-likeness (QED) is 0.318. The van der Waals surface area contributed by atoms with E-state index in [0.717, 1.165) is 5.56 Å². The molecule has 0 aliphatic rings. The standard InChI is InChI=1S/C24H19FN4O4/c25-20-11-4-5-12-23(20)33-16-22(17-7-2-1-3-8-17)26-24(30)21-13-14-28(27-21)18-9-6-10-19(15-18)29(31)32/h1-15,22H,16H2,(H,26,30). The van der Waals surface area contributed by atoms with Gasteiger partial charge in [-0.15, -0.1) is 0 Å². The highest BCUT2D eigenvalue weighted by atomic mass is 19.1. The molecule has 0 saturated heterocycles. The Balaban J connectivity index is 1.52. The minimum absolute atomic E-state index is 0.00226. The maximum Gasteiger partial charge on any atom is 0.272 e. The summed E-state index contributed by atoms with van der Waals surface area (Å²) in [5.41, 5.74) is 1.27. The number of carbonyl (C=O) groups excluding carboxylic acids is 1. The zero-order valence-electron chi connectivity index (χ0n) is 17.3. The molecule has 0 fully saturated rings. The van der Waals surface area contributed by atoms with Gasteiger partial charge in [-0.1, -0.05) is 48.5 Å². The van der Waals surface area contributed by atoms with Crippen LogP contribution in [0, 0.1) is 15.9 Å².